The molecule has 0 unspecified atom stereocenters. The minimum absolute atomic E-state index is 0.417. The van der Waals surface area contributed by atoms with E-state index in [4.69, 9.17) is 0 Å². The predicted molar refractivity (Wildman–Crippen MR) is 73.5 cm³/mol. The second-order valence-corrected chi connectivity index (χ2v) is 5.23. The van der Waals surface area contributed by atoms with Crippen molar-refractivity contribution in [1.29, 1.82) is 0 Å². The van der Waals surface area contributed by atoms with Crippen LogP contribution < -0.4 is 0 Å². The van der Waals surface area contributed by atoms with Gasteiger partial charge in [-0.25, -0.2) is 15.0 Å². The summed E-state index contributed by atoms with van der Waals surface area (Å²) in [6.07, 6.45) is 2.85. The van der Waals surface area contributed by atoms with Crippen LogP contribution in [0, 0.1) is 19.8 Å². The number of aryl methyl sites for hydroxylation is 2. The van der Waals surface area contributed by atoms with Crippen LogP contribution in [0.2, 0.25) is 0 Å². The van der Waals surface area contributed by atoms with Crippen molar-refractivity contribution in [2.75, 3.05) is 6.54 Å². The van der Waals surface area contributed by atoms with Crippen molar-refractivity contribution in [3.63, 3.8) is 0 Å². The third kappa shape index (κ3) is 2.67. The van der Waals surface area contributed by atoms with Crippen LogP contribution in [-0.4, -0.2) is 26.4 Å². The van der Waals surface area contributed by atoms with Gasteiger partial charge < -0.3 is 0 Å². The Kier molecular flexibility index (Phi) is 3.44. The monoisotopic (exact) mass is 272 g/mol. The molecule has 3 heterocycles. The molecular weight excluding hydrogens is 255 g/mol. The molecule has 2 aromatic rings. The fraction of sp³-hybridized carbons (Fsp3) is 0.400. The minimum atomic E-state index is -0.417. The minimum Gasteiger partial charge on any atom is -0.294 e. The average Bonchev–Trinajstić information content (AvgIpc) is 2.42. The van der Waals surface area contributed by atoms with Gasteiger partial charge in [-0.2, -0.15) is 4.39 Å². The molecular formula is C15H17FN4. The van der Waals surface area contributed by atoms with Gasteiger partial charge in [0.1, 0.15) is 5.82 Å². The lowest BCUT2D eigenvalue weighted by atomic mass is 10.1. The molecule has 0 amide bonds. The van der Waals surface area contributed by atoms with Gasteiger partial charge in [0.25, 0.3) is 0 Å². The van der Waals surface area contributed by atoms with Crippen molar-refractivity contribution >= 4 is 0 Å². The standard InChI is InChI=1S/C15H17FN4/c1-10-12(3-4-15(16)18-10)8-20-6-5-14-13(9-20)7-17-11(2)19-14/h3-4,7H,5-6,8-9H2,1-2H3. The van der Waals surface area contributed by atoms with E-state index in [9.17, 15) is 4.39 Å². The molecule has 104 valence electrons. The van der Waals surface area contributed by atoms with Gasteiger partial charge in [0.2, 0.25) is 5.95 Å². The van der Waals surface area contributed by atoms with E-state index in [0.29, 0.717) is 0 Å². The fourth-order valence-electron chi connectivity index (χ4n) is 2.58. The lowest BCUT2D eigenvalue weighted by Gasteiger charge is -2.28. The van der Waals surface area contributed by atoms with Gasteiger partial charge in [-0.15, -0.1) is 0 Å². The first-order chi connectivity index (χ1) is 9.61. The first kappa shape index (κ1) is 13.1. The summed E-state index contributed by atoms with van der Waals surface area (Å²) in [5, 5.41) is 0. The van der Waals surface area contributed by atoms with Gasteiger partial charge >= 0.3 is 0 Å². The SMILES string of the molecule is Cc1ncc2c(n1)CCN(Cc1ccc(F)nc1C)C2. The van der Waals surface area contributed by atoms with Gasteiger partial charge in [0.15, 0.2) is 0 Å². The molecule has 0 aliphatic carbocycles. The van der Waals surface area contributed by atoms with Crippen LogP contribution >= 0.6 is 0 Å². The maximum Gasteiger partial charge on any atom is 0.213 e. The van der Waals surface area contributed by atoms with Crippen molar-refractivity contribution in [3.05, 3.63) is 52.6 Å². The summed E-state index contributed by atoms with van der Waals surface area (Å²) in [6, 6.07) is 3.24. The molecule has 20 heavy (non-hydrogen) atoms. The molecule has 0 atom stereocenters. The van der Waals surface area contributed by atoms with E-state index in [1.54, 1.807) is 0 Å². The van der Waals surface area contributed by atoms with Crippen molar-refractivity contribution in [2.45, 2.75) is 33.4 Å². The van der Waals surface area contributed by atoms with E-state index in [1.165, 1.54) is 11.6 Å². The summed E-state index contributed by atoms with van der Waals surface area (Å²) >= 11 is 0. The zero-order valence-corrected chi connectivity index (χ0v) is 11.7. The van der Waals surface area contributed by atoms with Crippen LogP contribution in [0.5, 0.6) is 0 Å². The van der Waals surface area contributed by atoms with Gasteiger partial charge in [0.05, 0.1) is 0 Å². The Balaban J connectivity index is 1.75. The lowest BCUT2D eigenvalue weighted by Crippen LogP contribution is -2.31. The Hall–Kier alpha value is -1.88. The molecule has 0 N–H and O–H groups in total. The van der Waals surface area contributed by atoms with Crippen LogP contribution in [0.1, 0.15) is 28.3 Å². The Morgan fingerprint density at radius 2 is 2.10 bits per heavy atom. The Morgan fingerprint density at radius 1 is 1.25 bits per heavy atom. The molecule has 1 aliphatic rings. The topological polar surface area (TPSA) is 41.9 Å². The molecule has 0 saturated heterocycles. The fourth-order valence-corrected chi connectivity index (χ4v) is 2.58. The van der Waals surface area contributed by atoms with E-state index in [-0.39, 0.29) is 0 Å². The summed E-state index contributed by atoms with van der Waals surface area (Å²) in [7, 11) is 0. The predicted octanol–water partition coefficient (Wildman–Crippen LogP) is 2.19. The second-order valence-electron chi connectivity index (χ2n) is 5.23. The first-order valence-electron chi connectivity index (χ1n) is 6.77. The molecule has 0 saturated carbocycles. The van der Waals surface area contributed by atoms with Crippen molar-refractivity contribution in [2.24, 2.45) is 0 Å². The van der Waals surface area contributed by atoms with Crippen molar-refractivity contribution < 1.29 is 4.39 Å². The largest absolute Gasteiger partial charge is 0.294 e. The van der Waals surface area contributed by atoms with Gasteiger partial charge in [0, 0.05) is 49.2 Å². The quantitative estimate of drug-likeness (QED) is 0.786. The Morgan fingerprint density at radius 3 is 2.90 bits per heavy atom. The number of fused-ring (bicyclic) bond motifs is 1. The zero-order chi connectivity index (χ0) is 14.1. The highest BCUT2D eigenvalue weighted by molar-refractivity contribution is 5.22. The van der Waals surface area contributed by atoms with Crippen LogP contribution in [0.25, 0.3) is 0 Å². The average molecular weight is 272 g/mol. The molecule has 5 heteroatoms. The number of halogens is 1. The maximum absolute atomic E-state index is 13.0. The number of hydrogen-bond donors (Lipinski definition) is 0. The highest BCUT2D eigenvalue weighted by Gasteiger charge is 2.18. The molecule has 3 rings (SSSR count). The normalized spacial score (nSPS) is 15.2. The summed E-state index contributed by atoms with van der Waals surface area (Å²) in [4.78, 5) is 14.9. The first-order valence-corrected chi connectivity index (χ1v) is 6.77. The number of hydrogen-bond acceptors (Lipinski definition) is 4. The van der Waals surface area contributed by atoms with Crippen molar-refractivity contribution in [1.82, 2.24) is 19.9 Å². The zero-order valence-electron chi connectivity index (χ0n) is 11.7. The number of rotatable bonds is 2. The highest BCUT2D eigenvalue weighted by Crippen LogP contribution is 2.19. The maximum atomic E-state index is 13.0. The smallest absolute Gasteiger partial charge is 0.213 e. The van der Waals surface area contributed by atoms with E-state index in [1.807, 2.05) is 26.1 Å². The lowest BCUT2D eigenvalue weighted by molar-refractivity contribution is 0.241. The third-order valence-corrected chi connectivity index (χ3v) is 3.69. The summed E-state index contributed by atoms with van der Waals surface area (Å²) < 4.78 is 13.0. The molecule has 0 bridgehead atoms. The summed E-state index contributed by atoms with van der Waals surface area (Å²) in [5.74, 6) is 0.412. The van der Waals surface area contributed by atoms with Crippen LogP contribution in [0.3, 0.4) is 0 Å². The summed E-state index contributed by atoms with van der Waals surface area (Å²) in [5.41, 5.74) is 4.18. The number of pyridine rings is 1. The van der Waals surface area contributed by atoms with Gasteiger partial charge in [-0.3, -0.25) is 4.90 Å². The highest BCUT2D eigenvalue weighted by atomic mass is 19.1. The Bertz CT molecular complexity index is 642. The number of nitrogens with zero attached hydrogens (tertiary/aromatic N) is 4. The van der Waals surface area contributed by atoms with E-state index in [0.717, 1.165) is 48.8 Å². The number of aromatic nitrogens is 3. The van der Waals surface area contributed by atoms with Crippen LogP contribution in [-0.2, 0) is 19.5 Å². The third-order valence-electron chi connectivity index (χ3n) is 3.69. The molecule has 2 aromatic heterocycles. The molecule has 0 aromatic carbocycles. The second kappa shape index (κ2) is 5.25. The van der Waals surface area contributed by atoms with E-state index >= 15 is 0 Å². The molecule has 0 radical (unpaired) electrons. The van der Waals surface area contributed by atoms with Crippen LogP contribution in [0.4, 0.5) is 4.39 Å². The molecule has 1 aliphatic heterocycles. The summed E-state index contributed by atoms with van der Waals surface area (Å²) in [6.45, 7) is 6.35. The van der Waals surface area contributed by atoms with E-state index in [2.05, 4.69) is 19.9 Å². The van der Waals surface area contributed by atoms with Crippen molar-refractivity contribution in [3.8, 4) is 0 Å². The van der Waals surface area contributed by atoms with Crippen LogP contribution in [0.15, 0.2) is 18.3 Å². The molecule has 0 spiro atoms. The van der Waals surface area contributed by atoms with Gasteiger partial charge in [-0.05, 0) is 25.5 Å². The Labute approximate surface area is 117 Å². The molecule has 0 fully saturated rings. The van der Waals surface area contributed by atoms with E-state index < -0.39 is 5.95 Å². The molecule has 4 nitrogen and oxygen atoms in total. The van der Waals surface area contributed by atoms with Gasteiger partial charge in [-0.1, -0.05) is 6.07 Å².